The van der Waals surface area contributed by atoms with Crippen molar-refractivity contribution in [3.8, 4) is 0 Å². The van der Waals surface area contributed by atoms with Crippen molar-refractivity contribution in [1.82, 2.24) is 0 Å². The summed E-state index contributed by atoms with van der Waals surface area (Å²) in [7, 11) is 5.99. The fraction of sp³-hybridized carbons (Fsp3) is 0.777. The number of esters is 2. The third-order valence-corrected chi connectivity index (χ3v) is 19.5. The Hall–Kier alpha value is -4.05. The van der Waals surface area contributed by atoms with Gasteiger partial charge < -0.3 is 28.5 Å². The highest BCUT2D eigenvalue weighted by molar-refractivity contribution is 5.71. The fourth-order valence-electron chi connectivity index (χ4n) is 12.9. The molecular formula is C94H168NO8+. The van der Waals surface area contributed by atoms with Gasteiger partial charge in [-0.25, -0.2) is 4.79 Å². The first-order valence-electron chi connectivity index (χ1n) is 44.1. The van der Waals surface area contributed by atoms with Crippen LogP contribution in [0.3, 0.4) is 0 Å². The molecule has 0 aromatic carbocycles. The summed E-state index contributed by atoms with van der Waals surface area (Å²) in [5, 5.41) is 9.79. The molecular weight excluding hydrogens is 1270 g/mol. The van der Waals surface area contributed by atoms with Crippen molar-refractivity contribution in [2.45, 2.75) is 424 Å². The number of ether oxygens (including phenoxy) is 4. The molecule has 0 amide bonds. The lowest BCUT2D eigenvalue weighted by Crippen LogP contribution is -2.40. The molecule has 103 heavy (non-hydrogen) atoms. The van der Waals surface area contributed by atoms with Crippen molar-refractivity contribution in [3.63, 3.8) is 0 Å². The zero-order chi connectivity index (χ0) is 74.6. The quantitative estimate of drug-likeness (QED) is 0.0211. The van der Waals surface area contributed by atoms with Crippen LogP contribution in [0, 0.1) is 0 Å². The van der Waals surface area contributed by atoms with Gasteiger partial charge in [0.25, 0.3) is 6.29 Å². The highest BCUT2D eigenvalue weighted by Crippen LogP contribution is 2.20. The molecule has 2 unspecified atom stereocenters. The first-order valence-corrected chi connectivity index (χ1v) is 44.1. The van der Waals surface area contributed by atoms with E-state index < -0.39 is 24.3 Å². The smallest absolute Gasteiger partial charge is 0.361 e. The Labute approximate surface area is 638 Å². The molecule has 0 aliphatic rings. The van der Waals surface area contributed by atoms with Crippen LogP contribution in [0.4, 0.5) is 0 Å². The van der Waals surface area contributed by atoms with Crippen LogP contribution >= 0.6 is 0 Å². The maximum absolute atomic E-state index is 13.0. The summed E-state index contributed by atoms with van der Waals surface area (Å²) in [4.78, 5) is 37.8. The van der Waals surface area contributed by atoms with Gasteiger partial charge in [0.05, 0.1) is 34.4 Å². The van der Waals surface area contributed by atoms with Crippen LogP contribution in [0.2, 0.25) is 0 Å². The Morgan fingerprint density at radius 2 is 0.553 bits per heavy atom. The minimum absolute atomic E-state index is 0.184. The summed E-state index contributed by atoms with van der Waals surface area (Å²) >= 11 is 0. The van der Waals surface area contributed by atoms with Crippen molar-refractivity contribution >= 4 is 17.9 Å². The van der Waals surface area contributed by atoms with Crippen LogP contribution in [0.5, 0.6) is 0 Å². The third kappa shape index (κ3) is 85.1. The van der Waals surface area contributed by atoms with E-state index in [0.717, 1.165) is 103 Å². The molecule has 0 spiro atoms. The first kappa shape index (κ1) is 98.9. The lowest BCUT2D eigenvalue weighted by molar-refractivity contribution is -0.870. The molecule has 0 radical (unpaired) electrons. The van der Waals surface area contributed by atoms with E-state index >= 15 is 0 Å². The number of hydrogen-bond donors (Lipinski definition) is 1. The maximum Gasteiger partial charge on any atom is 0.361 e. The summed E-state index contributed by atoms with van der Waals surface area (Å²) in [6, 6.07) is 0. The number of hydrogen-bond acceptors (Lipinski definition) is 7. The zero-order valence-electron chi connectivity index (χ0n) is 68.5. The van der Waals surface area contributed by atoms with Gasteiger partial charge >= 0.3 is 17.9 Å². The molecule has 0 rings (SSSR count). The lowest BCUT2D eigenvalue weighted by atomic mass is 10.0. The van der Waals surface area contributed by atoms with Gasteiger partial charge in [0.15, 0.2) is 6.10 Å². The van der Waals surface area contributed by atoms with Gasteiger partial charge in [-0.2, -0.15) is 0 Å². The largest absolute Gasteiger partial charge is 0.477 e. The minimum Gasteiger partial charge on any atom is -0.477 e. The van der Waals surface area contributed by atoms with Gasteiger partial charge in [-0.05, 0) is 83.5 Å². The molecule has 0 heterocycles. The van der Waals surface area contributed by atoms with E-state index in [4.69, 9.17) is 18.9 Å². The molecule has 9 heteroatoms. The summed E-state index contributed by atoms with van der Waals surface area (Å²) in [5.74, 6) is -2.00. The van der Waals surface area contributed by atoms with Crippen molar-refractivity contribution in [2.75, 3.05) is 47.5 Å². The van der Waals surface area contributed by atoms with E-state index in [0.29, 0.717) is 23.9 Å². The van der Waals surface area contributed by atoms with Gasteiger partial charge in [-0.15, -0.1) is 0 Å². The van der Waals surface area contributed by atoms with Crippen molar-refractivity contribution in [1.29, 1.82) is 0 Å². The molecule has 2 atom stereocenters. The van der Waals surface area contributed by atoms with Crippen LogP contribution in [0.1, 0.15) is 412 Å². The van der Waals surface area contributed by atoms with Crippen molar-refractivity contribution in [3.05, 3.63) is 109 Å². The highest BCUT2D eigenvalue weighted by Gasteiger charge is 2.25. The second-order valence-corrected chi connectivity index (χ2v) is 30.8. The standard InChI is InChI=1S/C94H167NO8/c1-6-8-10-12-14-16-18-20-22-24-26-28-30-32-34-36-38-40-42-44-45-46-47-49-50-52-54-56-58-60-62-64-66-68-70-72-74-76-78-80-82-84-91(96)101-88-90(89-102-94(93(98)99)100-87-86-95(3,4)5)103-92(97)85-83-81-79-77-75-73-71-69-67-65-63-61-59-57-55-53-51-48-43-41-39-37-35-33-31-29-27-25-23-21-19-17-15-13-11-9-7-2/h9,11,15,17,21,23,27,29,33,35,39,41,48,51,55,57,61,63,90,94H,6-8,10,12-14,16,18-20,22,24-26,28,30-32,34,36-38,40,42-47,49-50,52-54,56,58-60,62,64-89H2,1-5H3/p+1/b11-9-,17-15-,23-21-,29-27-,35-33-,41-39-,51-48-,57-55-,63-61-. The zero-order valence-corrected chi connectivity index (χ0v) is 68.5. The second kappa shape index (κ2) is 83.6. The summed E-state index contributed by atoms with van der Waals surface area (Å²) < 4.78 is 23.1. The summed E-state index contributed by atoms with van der Waals surface area (Å²) in [6.45, 7) is 4.81. The summed E-state index contributed by atoms with van der Waals surface area (Å²) in [5.41, 5.74) is 0. The van der Waals surface area contributed by atoms with E-state index in [9.17, 15) is 19.5 Å². The maximum atomic E-state index is 13.0. The number of carbonyl (C=O) groups is 3. The van der Waals surface area contributed by atoms with Crippen LogP contribution in [-0.2, 0) is 33.3 Å². The minimum atomic E-state index is -1.52. The number of carbonyl (C=O) groups excluding carboxylic acids is 2. The fourth-order valence-corrected chi connectivity index (χ4v) is 12.9. The van der Waals surface area contributed by atoms with Crippen LogP contribution in [0.15, 0.2) is 109 Å². The number of unbranched alkanes of at least 4 members (excludes halogenated alkanes) is 49. The molecule has 0 saturated carbocycles. The Balaban J connectivity index is 3.98. The molecule has 0 aromatic rings. The topological polar surface area (TPSA) is 108 Å². The first-order chi connectivity index (χ1) is 50.6. The predicted octanol–water partition coefficient (Wildman–Crippen LogP) is 28.8. The molecule has 0 saturated heterocycles. The second-order valence-electron chi connectivity index (χ2n) is 30.8. The van der Waals surface area contributed by atoms with Gasteiger partial charge in [0.2, 0.25) is 0 Å². The summed E-state index contributed by atoms with van der Waals surface area (Å²) in [6.07, 6.45) is 116. The number of aliphatic carboxylic acids is 1. The molecule has 596 valence electrons. The molecule has 0 aliphatic carbocycles. The Morgan fingerprint density at radius 3 is 0.825 bits per heavy atom. The van der Waals surface area contributed by atoms with E-state index in [1.807, 2.05) is 21.1 Å². The molecule has 1 N–H and O–H groups in total. The van der Waals surface area contributed by atoms with E-state index in [1.54, 1.807) is 0 Å². The monoisotopic (exact) mass is 1440 g/mol. The van der Waals surface area contributed by atoms with Gasteiger partial charge in [0.1, 0.15) is 13.2 Å². The van der Waals surface area contributed by atoms with E-state index in [-0.39, 0.29) is 32.2 Å². The molecule has 9 nitrogen and oxygen atoms in total. The van der Waals surface area contributed by atoms with Gasteiger partial charge in [-0.1, -0.05) is 425 Å². The lowest BCUT2D eigenvalue weighted by Gasteiger charge is -2.25. The van der Waals surface area contributed by atoms with Crippen LogP contribution in [0.25, 0.3) is 0 Å². The molecule has 0 aromatic heterocycles. The number of rotatable bonds is 82. The van der Waals surface area contributed by atoms with Crippen LogP contribution < -0.4 is 0 Å². The van der Waals surface area contributed by atoms with Crippen molar-refractivity contribution in [2.24, 2.45) is 0 Å². The van der Waals surface area contributed by atoms with Gasteiger partial charge in [0, 0.05) is 12.8 Å². The SMILES string of the molecule is CC/C=C\C/C=C\C/C=C\C/C=C\C/C=C\C/C=C\C/C=C\C/C=C\C/C=C\CCCCCCCCCCCC(=O)OC(COC(=O)CCCCCCCCCCCCCCCCCCCCCCCCCCCCCCCCCCCCCCCCCCC)COC(OCC[N+](C)(C)C)C(=O)O. The van der Waals surface area contributed by atoms with Gasteiger partial charge in [-0.3, -0.25) is 9.59 Å². The number of quaternary nitrogens is 1. The number of nitrogens with zero attached hydrogens (tertiary/aromatic N) is 1. The van der Waals surface area contributed by atoms with Crippen molar-refractivity contribution < 1.29 is 42.9 Å². The number of allylic oxidation sites excluding steroid dienone is 18. The Bertz CT molecular complexity index is 2070. The predicted molar refractivity (Wildman–Crippen MR) is 447 cm³/mol. The highest BCUT2D eigenvalue weighted by atomic mass is 16.7. The van der Waals surface area contributed by atoms with E-state index in [2.05, 4.69) is 123 Å². The van der Waals surface area contributed by atoms with Crippen LogP contribution in [-0.4, -0.2) is 87.4 Å². The third-order valence-electron chi connectivity index (χ3n) is 19.5. The molecule has 0 aliphatic heterocycles. The number of carboxylic acids is 1. The molecule has 0 fully saturated rings. The number of carboxylic acid groups (broad SMARTS) is 1. The normalized spacial score (nSPS) is 13.1. The average Bonchev–Trinajstić information content (AvgIpc) is 1.16. The Morgan fingerprint density at radius 1 is 0.301 bits per heavy atom. The Kier molecular flexibility index (Phi) is 80.3. The van der Waals surface area contributed by atoms with E-state index in [1.165, 1.54) is 276 Å². The number of likely N-dealkylation sites (N-methyl/N-ethyl adjacent to an activating group) is 1. The molecule has 0 bridgehead atoms. The average molecular weight is 1440 g/mol.